The second-order valence-electron chi connectivity index (χ2n) is 6.63. The Morgan fingerprint density at radius 1 is 1.17 bits per heavy atom. The van der Waals surface area contributed by atoms with Gasteiger partial charge >= 0.3 is 5.97 Å². The van der Waals surface area contributed by atoms with Crippen LogP contribution >= 0.6 is 12.6 Å². The lowest BCUT2D eigenvalue weighted by Crippen LogP contribution is -2.57. The minimum absolute atomic E-state index is 0.150. The molecule has 0 spiro atoms. The number of carboxylic acids is 1. The Morgan fingerprint density at radius 2 is 1.83 bits per heavy atom. The first-order chi connectivity index (χ1) is 13.6. The summed E-state index contributed by atoms with van der Waals surface area (Å²) in [7, 11) is 0. The topological polar surface area (TPSA) is 205 Å². The Balaban J connectivity index is 2.89. The fourth-order valence-corrected chi connectivity index (χ4v) is 3.12. The zero-order chi connectivity index (χ0) is 22.1. The number of carbonyl (C=O) groups excluding carboxylic acids is 4. The number of likely N-dealkylation sites (tertiary alicyclic amines) is 1. The first-order valence-corrected chi connectivity index (χ1v) is 9.65. The molecule has 4 unspecified atom stereocenters. The quantitative estimate of drug-likeness (QED) is 0.163. The predicted molar refractivity (Wildman–Crippen MR) is 104 cm³/mol. The van der Waals surface area contributed by atoms with Crippen LogP contribution in [0.5, 0.6) is 0 Å². The van der Waals surface area contributed by atoms with Crippen LogP contribution in [0.4, 0.5) is 0 Å². The van der Waals surface area contributed by atoms with Crippen LogP contribution in [0, 0.1) is 0 Å². The molecule has 0 saturated carbocycles. The Hall–Kier alpha value is -2.38. The highest BCUT2D eigenvalue weighted by Crippen LogP contribution is 2.18. The van der Waals surface area contributed by atoms with E-state index in [1.807, 2.05) is 0 Å². The van der Waals surface area contributed by atoms with Crippen LogP contribution in [-0.4, -0.2) is 87.8 Å². The number of thiol groups is 1. The molecule has 4 atom stereocenters. The molecule has 1 aliphatic heterocycles. The van der Waals surface area contributed by atoms with Gasteiger partial charge in [0.25, 0.3) is 0 Å². The number of nitrogens with one attached hydrogen (secondary N) is 2. The van der Waals surface area contributed by atoms with Crippen molar-refractivity contribution in [1.82, 2.24) is 15.5 Å². The summed E-state index contributed by atoms with van der Waals surface area (Å²) in [5.41, 5.74) is 10.6. The maximum atomic E-state index is 12.7. The summed E-state index contributed by atoms with van der Waals surface area (Å²) in [4.78, 5) is 60.8. The van der Waals surface area contributed by atoms with Gasteiger partial charge in [-0.1, -0.05) is 0 Å². The number of aliphatic hydroxyl groups excluding tert-OH is 1. The summed E-state index contributed by atoms with van der Waals surface area (Å²) < 4.78 is 0. The van der Waals surface area contributed by atoms with Crippen molar-refractivity contribution >= 4 is 42.2 Å². The lowest BCUT2D eigenvalue weighted by atomic mass is 10.1. The minimum atomic E-state index is -1.31. The van der Waals surface area contributed by atoms with Crippen LogP contribution < -0.4 is 22.1 Å². The number of hydrogen-bond donors (Lipinski definition) is 7. The Labute approximate surface area is 172 Å². The highest BCUT2D eigenvalue weighted by molar-refractivity contribution is 7.80. The molecule has 1 saturated heterocycles. The van der Waals surface area contributed by atoms with E-state index in [1.165, 1.54) is 4.90 Å². The van der Waals surface area contributed by atoms with Crippen molar-refractivity contribution in [2.24, 2.45) is 11.5 Å². The summed E-state index contributed by atoms with van der Waals surface area (Å²) in [5.74, 6) is -4.25. The normalized spacial score (nSPS) is 19.1. The van der Waals surface area contributed by atoms with Gasteiger partial charge in [0.1, 0.15) is 24.2 Å². The number of primary amides is 1. The van der Waals surface area contributed by atoms with Gasteiger partial charge in [-0.15, -0.1) is 0 Å². The van der Waals surface area contributed by atoms with Crippen LogP contribution in [0.1, 0.15) is 25.7 Å². The molecule has 4 amide bonds. The maximum absolute atomic E-state index is 12.7. The molecule has 0 aromatic heterocycles. The fourth-order valence-electron chi connectivity index (χ4n) is 2.88. The Bertz CT molecular complexity index is 647. The summed E-state index contributed by atoms with van der Waals surface area (Å²) in [5, 5.41) is 22.8. The molecule has 1 rings (SSSR count). The third kappa shape index (κ3) is 7.18. The smallest absolute Gasteiger partial charge is 0.327 e. The highest BCUT2D eigenvalue weighted by Gasteiger charge is 2.37. The van der Waals surface area contributed by atoms with Crippen molar-refractivity contribution in [2.75, 3.05) is 18.9 Å². The molecule has 0 radical (unpaired) electrons. The second kappa shape index (κ2) is 11.6. The van der Waals surface area contributed by atoms with E-state index in [0.717, 1.165) is 0 Å². The molecule has 1 fully saturated rings. The van der Waals surface area contributed by atoms with Gasteiger partial charge in [0.15, 0.2) is 0 Å². The average molecular weight is 433 g/mol. The van der Waals surface area contributed by atoms with Crippen LogP contribution in [0.3, 0.4) is 0 Å². The Kier molecular flexibility index (Phi) is 9.85. The van der Waals surface area contributed by atoms with Crippen molar-refractivity contribution < 1.29 is 34.2 Å². The van der Waals surface area contributed by atoms with E-state index in [9.17, 15) is 24.0 Å². The number of nitrogens with zero attached hydrogens (tertiary/aromatic N) is 1. The molecule has 13 heteroatoms. The van der Waals surface area contributed by atoms with Gasteiger partial charge in [-0.25, -0.2) is 4.79 Å². The molecular formula is C16H27N5O7S. The first-order valence-electron chi connectivity index (χ1n) is 9.02. The van der Waals surface area contributed by atoms with Crippen LogP contribution in [0.25, 0.3) is 0 Å². The zero-order valence-electron chi connectivity index (χ0n) is 15.7. The van der Waals surface area contributed by atoms with E-state index >= 15 is 0 Å². The summed E-state index contributed by atoms with van der Waals surface area (Å²) in [6, 6.07) is -4.58. The molecule has 29 heavy (non-hydrogen) atoms. The number of aliphatic carboxylic acids is 1. The summed E-state index contributed by atoms with van der Waals surface area (Å²) in [6.45, 7) is -0.308. The van der Waals surface area contributed by atoms with Crippen molar-refractivity contribution in [1.29, 1.82) is 0 Å². The molecule has 8 N–H and O–H groups in total. The number of nitrogens with two attached hydrogens (primary N) is 2. The number of amides is 4. The first kappa shape index (κ1) is 24.7. The van der Waals surface area contributed by atoms with Crippen molar-refractivity contribution in [2.45, 2.75) is 49.9 Å². The average Bonchev–Trinajstić information content (AvgIpc) is 3.17. The van der Waals surface area contributed by atoms with E-state index in [4.69, 9.17) is 21.7 Å². The number of aliphatic hydroxyl groups is 1. The predicted octanol–water partition coefficient (Wildman–Crippen LogP) is -3.45. The van der Waals surface area contributed by atoms with Gasteiger partial charge in [-0.05, 0) is 19.3 Å². The summed E-state index contributed by atoms with van der Waals surface area (Å²) >= 11 is 3.85. The number of carbonyl (C=O) groups is 5. The Morgan fingerprint density at radius 3 is 2.34 bits per heavy atom. The van der Waals surface area contributed by atoms with E-state index in [-0.39, 0.29) is 25.1 Å². The van der Waals surface area contributed by atoms with Gasteiger partial charge in [-0.3, -0.25) is 19.2 Å². The van der Waals surface area contributed by atoms with Crippen LogP contribution in [-0.2, 0) is 24.0 Å². The van der Waals surface area contributed by atoms with Crippen molar-refractivity contribution in [3.8, 4) is 0 Å². The van der Waals surface area contributed by atoms with E-state index in [0.29, 0.717) is 12.8 Å². The highest BCUT2D eigenvalue weighted by atomic mass is 32.1. The van der Waals surface area contributed by atoms with Crippen molar-refractivity contribution in [3.63, 3.8) is 0 Å². The number of carboxylic acid groups (broad SMARTS) is 1. The van der Waals surface area contributed by atoms with E-state index in [2.05, 4.69) is 23.3 Å². The monoisotopic (exact) mass is 433 g/mol. The number of hydrogen-bond acceptors (Lipinski definition) is 8. The summed E-state index contributed by atoms with van der Waals surface area (Å²) in [6.07, 6.45) is 0.484. The third-order valence-corrected chi connectivity index (χ3v) is 4.83. The lowest BCUT2D eigenvalue weighted by molar-refractivity contribution is -0.143. The van der Waals surface area contributed by atoms with Crippen LogP contribution in [0.15, 0.2) is 0 Å². The lowest BCUT2D eigenvalue weighted by Gasteiger charge is -2.28. The maximum Gasteiger partial charge on any atom is 0.327 e. The molecule has 12 nitrogen and oxygen atoms in total. The standard InChI is InChI=1S/C16H27N5O7S/c17-8(6-22)15(26)21-5-1-2-11(21)14(25)19-9(3-4-12(18)23)13(24)20-10(7-29)16(27)28/h8-11,22,29H,1-7,17H2,(H2,18,23)(H,19,25)(H,20,24)(H,27,28). The second-order valence-corrected chi connectivity index (χ2v) is 6.99. The third-order valence-electron chi connectivity index (χ3n) is 4.46. The van der Waals surface area contributed by atoms with Gasteiger partial charge in [0.05, 0.1) is 6.61 Å². The van der Waals surface area contributed by atoms with Crippen molar-refractivity contribution in [3.05, 3.63) is 0 Å². The van der Waals surface area contributed by atoms with Crippen LogP contribution in [0.2, 0.25) is 0 Å². The molecule has 0 aromatic carbocycles. The molecular weight excluding hydrogens is 406 g/mol. The molecule has 0 bridgehead atoms. The van der Waals surface area contributed by atoms with Gasteiger partial charge < -0.3 is 37.2 Å². The molecule has 0 aliphatic carbocycles. The van der Waals surface area contributed by atoms with Gasteiger partial charge in [0.2, 0.25) is 23.6 Å². The molecule has 164 valence electrons. The SMILES string of the molecule is NC(=O)CCC(NC(=O)C1CCCN1C(=O)C(N)CO)C(=O)NC(CS)C(=O)O. The van der Waals surface area contributed by atoms with E-state index in [1.54, 1.807) is 0 Å². The number of rotatable bonds is 11. The largest absolute Gasteiger partial charge is 0.480 e. The molecule has 0 aromatic rings. The molecule has 1 heterocycles. The minimum Gasteiger partial charge on any atom is -0.480 e. The fraction of sp³-hybridized carbons (Fsp3) is 0.688. The zero-order valence-corrected chi connectivity index (χ0v) is 16.6. The molecule has 1 aliphatic rings. The van der Waals surface area contributed by atoms with Gasteiger partial charge in [-0.2, -0.15) is 12.6 Å². The van der Waals surface area contributed by atoms with Gasteiger partial charge in [0, 0.05) is 18.7 Å². The van der Waals surface area contributed by atoms with E-state index < -0.39 is 60.4 Å².